The van der Waals surface area contributed by atoms with Crippen LogP contribution in [0, 0.1) is 16.2 Å². The molecule has 0 aliphatic heterocycles. The molecule has 2 aromatic rings. The lowest BCUT2D eigenvalue weighted by molar-refractivity contribution is -0.715. The lowest BCUT2D eigenvalue weighted by atomic mass is 10.1. The van der Waals surface area contributed by atoms with E-state index in [-0.39, 0.29) is 11.3 Å². The fraction of sp³-hybridized carbons (Fsp3) is 0. The van der Waals surface area contributed by atoms with Gasteiger partial charge in [-0.05, 0) is 30.3 Å². The highest BCUT2D eigenvalue weighted by molar-refractivity contribution is 9.10. The van der Waals surface area contributed by atoms with Gasteiger partial charge in [-0.2, -0.15) is 0 Å². The molecule has 0 saturated carbocycles. The molecule has 0 heterocycles. The summed E-state index contributed by atoms with van der Waals surface area (Å²) in [4.78, 5) is 11.9. The maximum atomic E-state index is 13.6. The van der Waals surface area contributed by atoms with Gasteiger partial charge >= 0.3 is 0 Å². The van der Waals surface area contributed by atoms with E-state index < -0.39 is 17.0 Å². The van der Waals surface area contributed by atoms with Crippen molar-refractivity contribution in [1.82, 2.24) is 0 Å². The highest BCUT2D eigenvalue weighted by Gasteiger charge is 2.14. The molecule has 0 spiro atoms. The number of anilines is 1. The molecule has 2 rings (SSSR count). The normalized spacial score (nSPS) is 10.7. The van der Waals surface area contributed by atoms with Crippen molar-refractivity contribution in [3.8, 4) is 0 Å². The van der Waals surface area contributed by atoms with Crippen molar-refractivity contribution in [2.45, 2.75) is 0 Å². The zero-order chi connectivity index (χ0) is 14.7. The molecular formula is C13H9BrFN2O3-. The average molecular weight is 340 g/mol. The van der Waals surface area contributed by atoms with Gasteiger partial charge in [0.25, 0.3) is 5.91 Å². The number of halogens is 2. The highest BCUT2D eigenvalue weighted by Crippen LogP contribution is 2.17. The third kappa shape index (κ3) is 3.40. The van der Waals surface area contributed by atoms with Gasteiger partial charge < -0.3 is 21.0 Å². The van der Waals surface area contributed by atoms with E-state index in [0.29, 0.717) is 5.69 Å². The lowest BCUT2D eigenvalue weighted by Gasteiger charge is -2.24. The van der Waals surface area contributed by atoms with Crippen molar-refractivity contribution >= 4 is 33.2 Å². The monoisotopic (exact) mass is 339 g/mol. The lowest BCUT2D eigenvalue weighted by Crippen LogP contribution is -2.96. The molecule has 1 amide bonds. The topological polar surface area (TPSA) is 79.7 Å². The molecule has 0 bridgehead atoms. The van der Waals surface area contributed by atoms with Gasteiger partial charge in [-0.3, -0.25) is 4.79 Å². The van der Waals surface area contributed by atoms with Crippen LogP contribution in [0.15, 0.2) is 46.9 Å². The van der Waals surface area contributed by atoms with E-state index in [0.717, 1.165) is 22.7 Å². The van der Waals surface area contributed by atoms with Gasteiger partial charge in [0.1, 0.15) is 11.5 Å². The Morgan fingerprint density at radius 1 is 1.15 bits per heavy atom. The fourth-order valence-electron chi connectivity index (χ4n) is 1.56. The minimum Gasteiger partial charge on any atom is -0.628 e. The minimum absolute atomic E-state index is 0.257. The molecule has 104 valence electrons. The summed E-state index contributed by atoms with van der Waals surface area (Å²) in [5.41, 5.74) is -0.140. The second-order valence-electron chi connectivity index (χ2n) is 3.94. The largest absolute Gasteiger partial charge is 0.628 e. The van der Waals surface area contributed by atoms with Crippen molar-refractivity contribution < 1.29 is 14.4 Å². The number of hydrogen-bond donors (Lipinski definition) is 2. The Balaban J connectivity index is 2.24. The first-order valence-electron chi connectivity index (χ1n) is 5.55. The molecule has 0 saturated heterocycles. The quantitative estimate of drug-likeness (QED) is 0.842. The van der Waals surface area contributed by atoms with E-state index in [2.05, 4.69) is 21.2 Å². The highest BCUT2D eigenvalue weighted by atomic mass is 79.9. The van der Waals surface area contributed by atoms with Crippen LogP contribution < -0.4 is 10.5 Å². The second kappa shape index (κ2) is 6.10. The molecule has 5 nitrogen and oxygen atoms in total. The van der Waals surface area contributed by atoms with E-state index in [9.17, 15) is 19.6 Å². The van der Waals surface area contributed by atoms with E-state index >= 15 is 0 Å². The van der Waals surface area contributed by atoms with Gasteiger partial charge in [0, 0.05) is 22.3 Å². The van der Waals surface area contributed by atoms with Crippen molar-refractivity contribution in [1.29, 1.82) is 0 Å². The number of amides is 1. The number of carbonyl (C=O) groups is 1. The summed E-state index contributed by atoms with van der Waals surface area (Å²) in [7, 11) is 0. The van der Waals surface area contributed by atoms with Crippen LogP contribution in [0.3, 0.4) is 0 Å². The van der Waals surface area contributed by atoms with Crippen molar-refractivity contribution in [2.75, 3.05) is 5.32 Å². The Labute approximate surface area is 122 Å². The molecule has 0 atom stereocenters. The molecule has 7 heteroatoms. The van der Waals surface area contributed by atoms with Crippen LogP contribution in [0.5, 0.6) is 0 Å². The summed E-state index contributed by atoms with van der Waals surface area (Å²) in [6.07, 6.45) is 0. The maximum Gasteiger partial charge on any atom is 0.258 e. The summed E-state index contributed by atoms with van der Waals surface area (Å²) in [6.45, 7) is 0. The zero-order valence-corrected chi connectivity index (χ0v) is 11.6. The van der Waals surface area contributed by atoms with Crippen LogP contribution >= 0.6 is 15.9 Å². The molecular weight excluding hydrogens is 331 g/mol. The second-order valence-corrected chi connectivity index (χ2v) is 4.86. The summed E-state index contributed by atoms with van der Waals surface area (Å²) in [5.74, 6) is -1.53. The van der Waals surface area contributed by atoms with Crippen molar-refractivity contribution in [3.63, 3.8) is 0 Å². The summed E-state index contributed by atoms with van der Waals surface area (Å²) in [6, 6.07) is 9.58. The molecule has 0 aromatic heterocycles. The van der Waals surface area contributed by atoms with Crippen molar-refractivity contribution in [2.24, 2.45) is 0 Å². The van der Waals surface area contributed by atoms with Gasteiger partial charge in [0.05, 0.1) is 5.56 Å². The van der Waals surface area contributed by atoms with Gasteiger partial charge in [-0.15, -0.1) is 0 Å². The Kier molecular flexibility index (Phi) is 4.46. The molecule has 0 fully saturated rings. The molecule has 0 unspecified atom stereocenters. The first-order valence-corrected chi connectivity index (χ1v) is 6.34. The first kappa shape index (κ1) is 14.6. The Bertz CT molecular complexity index is 632. The number of carbonyl (C=O) groups excluding carboxylic acids is 1. The number of rotatable bonds is 3. The zero-order valence-electron chi connectivity index (χ0n) is 10.0. The third-order valence-corrected chi connectivity index (χ3v) is 3.08. The van der Waals surface area contributed by atoms with Crippen LogP contribution in [-0.2, 0) is 0 Å². The van der Waals surface area contributed by atoms with Gasteiger partial charge in [-0.25, -0.2) is 4.39 Å². The van der Waals surface area contributed by atoms with Crippen LogP contribution in [0.2, 0.25) is 0 Å². The van der Waals surface area contributed by atoms with E-state index in [1.807, 2.05) is 0 Å². The van der Waals surface area contributed by atoms with Gasteiger partial charge in [-0.1, -0.05) is 15.9 Å². The maximum absolute atomic E-state index is 13.6. The minimum atomic E-state index is -1.47. The van der Waals surface area contributed by atoms with Crippen molar-refractivity contribution in [3.05, 3.63) is 68.7 Å². The molecule has 20 heavy (non-hydrogen) atoms. The predicted octanol–water partition coefficient (Wildman–Crippen LogP) is 2.35. The number of nitrogens with one attached hydrogen (secondary N) is 2. The average Bonchev–Trinajstić information content (AvgIpc) is 2.41. The SMILES string of the molecule is O=C(Nc1ccc(Br)cc1)c1cc([NH+]([O-])[O-])ccc1F. The molecule has 2 N–H and O–H groups in total. The van der Waals surface area contributed by atoms with Crippen LogP contribution in [0.4, 0.5) is 15.8 Å². The molecule has 0 aliphatic rings. The van der Waals surface area contributed by atoms with Crippen LogP contribution in [0.25, 0.3) is 0 Å². The number of hydrogen-bond acceptors (Lipinski definition) is 3. The number of quaternary nitrogens is 1. The predicted molar refractivity (Wildman–Crippen MR) is 75.9 cm³/mol. The molecule has 0 aliphatic carbocycles. The Morgan fingerprint density at radius 3 is 2.40 bits per heavy atom. The van der Waals surface area contributed by atoms with Gasteiger partial charge in [0.2, 0.25) is 0 Å². The standard InChI is InChI=1S/C13H9BrFN2O3/c14-8-1-3-9(4-2-8)16-13(18)11-7-10(17(19)20)5-6-12(11)15/h1-7,17H,(H,16,18)/q-1. The van der Waals surface area contributed by atoms with E-state index in [4.69, 9.17) is 0 Å². The number of benzene rings is 2. The summed E-state index contributed by atoms with van der Waals surface area (Å²) < 4.78 is 14.4. The Morgan fingerprint density at radius 2 is 1.80 bits per heavy atom. The first-order chi connectivity index (χ1) is 9.47. The van der Waals surface area contributed by atoms with Crippen LogP contribution in [-0.4, -0.2) is 5.91 Å². The van der Waals surface area contributed by atoms with E-state index in [1.54, 1.807) is 24.3 Å². The smallest absolute Gasteiger partial charge is 0.258 e. The third-order valence-electron chi connectivity index (χ3n) is 2.55. The molecule has 0 radical (unpaired) electrons. The summed E-state index contributed by atoms with van der Waals surface area (Å²) >= 11 is 3.25. The fourth-order valence-corrected chi connectivity index (χ4v) is 1.82. The Hall–Kier alpha value is -1.80. The van der Waals surface area contributed by atoms with Gasteiger partial charge in [0.15, 0.2) is 0 Å². The summed E-state index contributed by atoms with van der Waals surface area (Å²) in [5, 5.41) is 22.4. The van der Waals surface area contributed by atoms with Crippen LogP contribution in [0.1, 0.15) is 10.4 Å². The molecule has 2 aromatic carbocycles. The van der Waals surface area contributed by atoms with E-state index in [1.165, 1.54) is 0 Å².